The van der Waals surface area contributed by atoms with Crippen LogP contribution in [0.5, 0.6) is 0 Å². The van der Waals surface area contributed by atoms with Crippen molar-refractivity contribution in [1.82, 2.24) is 0 Å². The van der Waals surface area contributed by atoms with E-state index in [1.54, 1.807) is 6.08 Å². The maximum atomic E-state index is 9.75. The predicted molar refractivity (Wildman–Crippen MR) is 73.0 cm³/mol. The quantitative estimate of drug-likeness (QED) is 0.356. The lowest BCUT2D eigenvalue weighted by Crippen LogP contribution is -1.87. The summed E-state index contributed by atoms with van der Waals surface area (Å²) in [6.45, 7) is 14.1. The van der Waals surface area contributed by atoms with Crippen LogP contribution in [0.3, 0.4) is 0 Å². The number of allylic oxidation sites excluding steroid dienone is 1. The van der Waals surface area contributed by atoms with E-state index in [9.17, 15) is 4.79 Å². The number of aliphatic hydroxyl groups is 2. The van der Waals surface area contributed by atoms with Gasteiger partial charge in [0.1, 0.15) is 0 Å². The third-order valence-corrected chi connectivity index (χ3v) is 0.706. The zero-order valence-corrected chi connectivity index (χ0v) is 10.9. The van der Waals surface area contributed by atoms with Crippen molar-refractivity contribution in [1.29, 1.82) is 0 Å². The second kappa shape index (κ2) is 36.6. The average Bonchev–Trinajstić information content (AvgIpc) is 2.30. The van der Waals surface area contributed by atoms with E-state index in [1.165, 1.54) is 13.0 Å². The van der Waals surface area contributed by atoms with Gasteiger partial charge in [-0.3, -0.25) is 4.79 Å². The van der Waals surface area contributed by atoms with Crippen molar-refractivity contribution in [3.63, 3.8) is 0 Å². The van der Waals surface area contributed by atoms with Gasteiger partial charge in [-0.15, -0.1) is 24.8 Å². The van der Waals surface area contributed by atoms with Crippen LogP contribution in [-0.2, 0) is 9.53 Å². The molecule has 0 radical (unpaired) electrons. The number of rotatable bonds is 3. The minimum Gasteiger partial charge on any atom is -0.516 e. The van der Waals surface area contributed by atoms with E-state index < -0.39 is 0 Å². The standard InChI is InChI=1S/C4H6O2.C3H5Cl.C3H6O.C2H4O/c1-3-6-4(2)5;2*1-2-3-4;1-2-3/h3H,1H2,2H3;2H,1,3H2;2,4H,1,3H2;2-3H,1H2. The van der Waals surface area contributed by atoms with Crippen molar-refractivity contribution in [2.24, 2.45) is 0 Å². The Labute approximate surface area is 108 Å². The number of hydrogen-bond donors (Lipinski definition) is 2. The lowest BCUT2D eigenvalue weighted by atomic mass is 10.7. The third-order valence-electron chi connectivity index (χ3n) is 0.488. The number of alkyl halides is 1. The molecule has 0 bridgehead atoms. The van der Waals surface area contributed by atoms with Crippen LogP contribution < -0.4 is 0 Å². The lowest BCUT2D eigenvalue weighted by molar-refractivity contribution is -0.135. The van der Waals surface area contributed by atoms with Crippen LogP contribution in [0.4, 0.5) is 0 Å². The summed E-state index contributed by atoms with van der Waals surface area (Å²) in [7, 11) is 0. The Morgan fingerprint density at radius 3 is 1.59 bits per heavy atom. The summed E-state index contributed by atoms with van der Waals surface area (Å²) in [5, 5.41) is 15.1. The molecule has 0 aliphatic heterocycles. The van der Waals surface area contributed by atoms with E-state index in [2.05, 4.69) is 31.1 Å². The first-order valence-corrected chi connectivity index (χ1v) is 4.97. The van der Waals surface area contributed by atoms with Crippen molar-refractivity contribution in [3.05, 3.63) is 51.0 Å². The predicted octanol–water partition coefficient (Wildman–Crippen LogP) is 2.96. The van der Waals surface area contributed by atoms with Crippen LogP contribution >= 0.6 is 11.6 Å². The van der Waals surface area contributed by atoms with E-state index in [0.717, 1.165) is 12.5 Å². The van der Waals surface area contributed by atoms with Crippen LogP contribution in [-0.4, -0.2) is 28.7 Å². The minimum atomic E-state index is -0.329. The molecule has 5 heteroatoms. The fraction of sp³-hybridized carbons (Fsp3) is 0.250. The summed E-state index contributed by atoms with van der Waals surface area (Å²) in [4.78, 5) is 9.75. The summed E-state index contributed by atoms with van der Waals surface area (Å²) >= 11 is 5.07. The number of ether oxygens (including phenoxy) is 1. The smallest absolute Gasteiger partial charge is 0.307 e. The van der Waals surface area contributed by atoms with Gasteiger partial charge < -0.3 is 14.9 Å². The summed E-state index contributed by atoms with van der Waals surface area (Å²) in [6.07, 6.45) is 4.92. The summed E-state index contributed by atoms with van der Waals surface area (Å²) in [5.41, 5.74) is 0. The monoisotopic (exact) mass is 264 g/mol. The van der Waals surface area contributed by atoms with Gasteiger partial charge in [0.25, 0.3) is 0 Å². The minimum absolute atomic E-state index is 0.0833. The van der Waals surface area contributed by atoms with Gasteiger partial charge in [0, 0.05) is 12.8 Å². The molecule has 0 spiro atoms. The molecular formula is C12H21ClO4. The molecule has 4 nitrogen and oxygen atoms in total. The van der Waals surface area contributed by atoms with Crippen molar-refractivity contribution in [2.75, 3.05) is 12.5 Å². The van der Waals surface area contributed by atoms with Crippen molar-refractivity contribution in [3.8, 4) is 0 Å². The molecule has 0 fully saturated rings. The molecule has 100 valence electrons. The highest BCUT2D eigenvalue weighted by atomic mass is 35.5. The molecule has 17 heavy (non-hydrogen) atoms. The zero-order valence-electron chi connectivity index (χ0n) is 10.1. The van der Waals surface area contributed by atoms with E-state index in [0.29, 0.717) is 5.88 Å². The summed E-state index contributed by atoms with van der Waals surface area (Å²) in [6, 6.07) is 0. The Morgan fingerprint density at radius 1 is 1.29 bits per heavy atom. The van der Waals surface area contributed by atoms with Crippen LogP contribution in [0.1, 0.15) is 6.92 Å². The first-order chi connectivity index (χ1) is 8.01. The number of esters is 1. The van der Waals surface area contributed by atoms with Crippen molar-refractivity contribution in [2.45, 2.75) is 6.92 Å². The molecule has 0 aromatic rings. The van der Waals surface area contributed by atoms with Gasteiger partial charge in [0.05, 0.1) is 19.1 Å². The van der Waals surface area contributed by atoms with Crippen LogP contribution in [0.15, 0.2) is 51.0 Å². The van der Waals surface area contributed by atoms with Crippen molar-refractivity contribution < 1.29 is 19.7 Å². The second-order valence-electron chi connectivity index (χ2n) is 1.87. The Morgan fingerprint density at radius 2 is 1.59 bits per heavy atom. The Balaban J connectivity index is -0.0000000688. The number of carbonyl (C=O) groups excluding carboxylic acids is 1. The Kier molecular flexibility index (Phi) is 53.0. The summed E-state index contributed by atoms with van der Waals surface area (Å²) in [5.74, 6) is 0.227. The van der Waals surface area contributed by atoms with Crippen molar-refractivity contribution >= 4 is 17.6 Å². The topological polar surface area (TPSA) is 66.8 Å². The molecule has 0 saturated heterocycles. The second-order valence-corrected chi connectivity index (χ2v) is 2.18. The molecule has 2 N–H and O–H groups in total. The number of halogens is 1. The molecule has 0 aromatic carbocycles. The Bertz CT molecular complexity index is 183. The van der Waals surface area contributed by atoms with E-state index in [1.807, 2.05) is 0 Å². The molecular weight excluding hydrogens is 244 g/mol. The first-order valence-electron chi connectivity index (χ1n) is 4.44. The fourth-order valence-electron chi connectivity index (χ4n) is 0.117. The SMILES string of the molecule is C=CCCl.C=CCO.C=CO.C=COC(C)=O. The lowest BCUT2D eigenvalue weighted by Gasteiger charge is -1.83. The maximum absolute atomic E-state index is 9.75. The molecule has 0 unspecified atom stereocenters. The number of hydrogen-bond acceptors (Lipinski definition) is 4. The van der Waals surface area contributed by atoms with Crippen LogP contribution in [0.2, 0.25) is 0 Å². The highest BCUT2D eigenvalue weighted by molar-refractivity contribution is 6.18. The summed E-state index contributed by atoms with van der Waals surface area (Å²) < 4.78 is 4.17. The van der Waals surface area contributed by atoms with E-state index >= 15 is 0 Å². The molecule has 0 heterocycles. The third kappa shape index (κ3) is 186. The van der Waals surface area contributed by atoms with Gasteiger partial charge in [-0.2, -0.15) is 0 Å². The highest BCUT2D eigenvalue weighted by Gasteiger charge is 1.79. The van der Waals surface area contributed by atoms with Gasteiger partial charge in [0.15, 0.2) is 0 Å². The molecule has 0 rings (SSSR count). The zero-order chi connectivity index (χ0) is 14.5. The van der Waals surface area contributed by atoms with Gasteiger partial charge in [-0.25, -0.2) is 0 Å². The van der Waals surface area contributed by atoms with Gasteiger partial charge >= 0.3 is 5.97 Å². The molecule has 0 aromatic heterocycles. The van der Waals surface area contributed by atoms with Gasteiger partial charge in [-0.1, -0.05) is 25.3 Å². The Hall–Kier alpha value is -1.52. The highest BCUT2D eigenvalue weighted by Crippen LogP contribution is 1.70. The molecule has 0 aliphatic carbocycles. The number of carbonyl (C=O) groups is 1. The molecule has 0 saturated carbocycles. The fourth-order valence-corrected chi connectivity index (χ4v) is 0.117. The first kappa shape index (κ1) is 24.6. The number of aliphatic hydroxyl groups excluding tert-OH is 2. The van der Waals surface area contributed by atoms with Crippen LogP contribution in [0, 0.1) is 0 Å². The van der Waals surface area contributed by atoms with Gasteiger partial charge in [-0.05, 0) is 0 Å². The normalized spacial score (nSPS) is 6.06. The largest absolute Gasteiger partial charge is 0.516 e. The maximum Gasteiger partial charge on any atom is 0.307 e. The molecule has 0 amide bonds. The van der Waals surface area contributed by atoms with Crippen LogP contribution in [0.25, 0.3) is 0 Å². The van der Waals surface area contributed by atoms with Gasteiger partial charge in [0.2, 0.25) is 0 Å². The average molecular weight is 265 g/mol. The molecule has 0 atom stereocenters. The van der Waals surface area contributed by atoms with E-state index in [-0.39, 0.29) is 12.6 Å². The molecule has 0 aliphatic rings. The van der Waals surface area contributed by atoms with E-state index in [4.69, 9.17) is 21.8 Å².